The molecule has 0 fully saturated rings. The van der Waals surface area contributed by atoms with Crippen LogP contribution >= 0.6 is 0 Å². The highest BCUT2D eigenvalue weighted by molar-refractivity contribution is 5.33. The molecule has 0 aliphatic heterocycles. The van der Waals surface area contributed by atoms with Crippen LogP contribution in [0.5, 0.6) is 5.75 Å². The molecule has 0 spiro atoms. The highest BCUT2D eigenvalue weighted by Gasteiger charge is 2.08. The van der Waals surface area contributed by atoms with Crippen molar-refractivity contribution in [3.63, 3.8) is 0 Å². The molecular weight excluding hydrogens is 238 g/mol. The molecule has 0 amide bonds. The lowest BCUT2D eigenvalue weighted by Gasteiger charge is -2.17. The van der Waals surface area contributed by atoms with Gasteiger partial charge in [0.25, 0.3) is 0 Å². The average molecular weight is 265 g/mol. The fourth-order valence-corrected chi connectivity index (χ4v) is 2.14. The Kier molecular flexibility index (Phi) is 6.89. The maximum absolute atomic E-state index is 9.33. The number of rotatable bonds is 8. The predicted octanol–water partition coefficient (Wildman–Crippen LogP) is 2.97. The molecule has 1 aromatic rings. The summed E-state index contributed by atoms with van der Waals surface area (Å²) in [6.45, 7) is 9.76. The summed E-state index contributed by atoms with van der Waals surface area (Å²) in [6.07, 6.45) is 0.792. The summed E-state index contributed by atoms with van der Waals surface area (Å²) in [6, 6.07) is 8.13. The molecule has 1 rings (SSSR count). The molecule has 3 nitrogen and oxygen atoms in total. The Morgan fingerprint density at radius 3 is 2.47 bits per heavy atom. The van der Waals surface area contributed by atoms with Crippen LogP contribution in [0.3, 0.4) is 0 Å². The quantitative estimate of drug-likeness (QED) is 0.759. The second-order valence-corrected chi connectivity index (χ2v) is 5.60. The summed E-state index contributed by atoms with van der Waals surface area (Å²) in [4.78, 5) is 0. The van der Waals surface area contributed by atoms with E-state index in [0.29, 0.717) is 5.92 Å². The number of aliphatic hydroxyl groups excluding tert-OH is 1. The highest BCUT2D eigenvalue weighted by atomic mass is 16.5. The van der Waals surface area contributed by atoms with Gasteiger partial charge in [0.1, 0.15) is 5.75 Å². The van der Waals surface area contributed by atoms with Gasteiger partial charge in [0.05, 0.1) is 12.2 Å². The first kappa shape index (κ1) is 16.0. The molecule has 0 radical (unpaired) electrons. The van der Waals surface area contributed by atoms with Crippen molar-refractivity contribution in [2.24, 2.45) is 5.92 Å². The molecular formula is C16H27NO2. The van der Waals surface area contributed by atoms with E-state index in [9.17, 15) is 5.11 Å². The third-order valence-electron chi connectivity index (χ3n) is 2.89. The van der Waals surface area contributed by atoms with Crippen molar-refractivity contribution >= 4 is 0 Å². The van der Waals surface area contributed by atoms with E-state index >= 15 is 0 Å². The summed E-state index contributed by atoms with van der Waals surface area (Å²) in [7, 11) is 0. The lowest BCUT2D eigenvalue weighted by Crippen LogP contribution is -2.23. The van der Waals surface area contributed by atoms with Gasteiger partial charge in [-0.3, -0.25) is 0 Å². The second-order valence-electron chi connectivity index (χ2n) is 5.60. The maximum atomic E-state index is 9.33. The van der Waals surface area contributed by atoms with Crippen LogP contribution in [0.15, 0.2) is 24.3 Å². The van der Waals surface area contributed by atoms with Crippen LogP contribution < -0.4 is 10.1 Å². The smallest absolute Gasteiger partial charge is 0.124 e. The van der Waals surface area contributed by atoms with E-state index in [1.54, 1.807) is 0 Å². The van der Waals surface area contributed by atoms with E-state index in [1.807, 2.05) is 39.0 Å². The molecule has 1 aromatic carbocycles. The van der Waals surface area contributed by atoms with Crippen LogP contribution in [0.2, 0.25) is 0 Å². The van der Waals surface area contributed by atoms with E-state index in [-0.39, 0.29) is 12.2 Å². The third kappa shape index (κ3) is 6.60. The molecule has 0 saturated heterocycles. The topological polar surface area (TPSA) is 41.5 Å². The first-order valence-corrected chi connectivity index (χ1v) is 7.12. The van der Waals surface area contributed by atoms with E-state index in [0.717, 1.165) is 25.3 Å². The van der Waals surface area contributed by atoms with Crippen LogP contribution in [0, 0.1) is 5.92 Å². The molecule has 0 heterocycles. The van der Waals surface area contributed by atoms with Gasteiger partial charge in [-0.1, -0.05) is 25.1 Å². The van der Waals surface area contributed by atoms with Gasteiger partial charge in [-0.15, -0.1) is 0 Å². The van der Waals surface area contributed by atoms with Gasteiger partial charge in [0.15, 0.2) is 0 Å². The van der Waals surface area contributed by atoms with Crippen LogP contribution in [-0.2, 0) is 6.54 Å². The van der Waals surface area contributed by atoms with Crippen LogP contribution in [0.4, 0.5) is 0 Å². The highest BCUT2D eigenvalue weighted by Crippen LogP contribution is 2.19. The molecule has 108 valence electrons. The van der Waals surface area contributed by atoms with Gasteiger partial charge in [0, 0.05) is 12.1 Å². The number of benzene rings is 1. The van der Waals surface area contributed by atoms with Crippen molar-refractivity contribution in [1.82, 2.24) is 5.32 Å². The first-order chi connectivity index (χ1) is 8.99. The Bertz CT molecular complexity index is 364. The summed E-state index contributed by atoms with van der Waals surface area (Å²) in [5.41, 5.74) is 1.18. The maximum Gasteiger partial charge on any atom is 0.124 e. The molecule has 2 N–H and O–H groups in total. The van der Waals surface area contributed by atoms with Crippen molar-refractivity contribution in [3.8, 4) is 5.75 Å². The summed E-state index contributed by atoms with van der Waals surface area (Å²) in [5, 5.41) is 12.8. The predicted molar refractivity (Wildman–Crippen MR) is 79.4 cm³/mol. The molecule has 2 unspecified atom stereocenters. The van der Waals surface area contributed by atoms with Gasteiger partial charge >= 0.3 is 0 Å². The summed E-state index contributed by atoms with van der Waals surface area (Å²) >= 11 is 0. The van der Waals surface area contributed by atoms with Crippen molar-refractivity contribution in [1.29, 1.82) is 0 Å². The van der Waals surface area contributed by atoms with Gasteiger partial charge in [-0.2, -0.15) is 0 Å². The zero-order valence-corrected chi connectivity index (χ0v) is 12.5. The van der Waals surface area contributed by atoms with E-state index in [4.69, 9.17) is 4.74 Å². The van der Waals surface area contributed by atoms with E-state index < -0.39 is 0 Å². The molecule has 0 aromatic heterocycles. The number of para-hydroxylation sites is 1. The van der Waals surface area contributed by atoms with Gasteiger partial charge in [0.2, 0.25) is 0 Å². The Balaban J connectivity index is 2.44. The zero-order chi connectivity index (χ0) is 14.3. The van der Waals surface area contributed by atoms with Crippen LogP contribution in [0.1, 0.15) is 39.7 Å². The molecule has 3 heteroatoms. The summed E-state index contributed by atoms with van der Waals surface area (Å²) < 4.78 is 5.79. The standard InChI is InChI=1S/C16H27NO2/c1-12(2)19-16-8-6-5-7-15(16)11-17-10-13(3)9-14(4)18/h5-8,12-14,17-18H,9-11H2,1-4H3. The van der Waals surface area contributed by atoms with Crippen molar-refractivity contribution < 1.29 is 9.84 Å². The van der Waals surface area contributed by atoms with Crippen molar-refractivity contribution in [3.05, 3.63) is 29.8 Å². The Hall–Kier alpha value is -1.06. The van der Waals surface area contributed by atoms with Gasteiger partial charge < -0.3 is 15.2 Å². The molecule has 0 aliphatic carbocycles. The normalized spacial score (nSPS) is 14.4. The average Bonchev–Trinajstić information content (AvgIpc) is 2.29. The minimum absolute atomic E-state index is 0.190. The molecule has 2 atom stereocenters. The van der Waals surface area contributed by atoms with Crippen LogP contribution in [-0.4, -0.2) is 23.9 Å². The third-order valence-corrected chi connectivity index (χ3v) is 2.89. The second kappa shape index (κ2) is 8.18. The van der Waals surface area contributed by atoms with E-state index in [1.165, 1.54) is 5.56 Å². The Morgan fingerprint density at radius 1 is 1.16 bits per heavy atom. The number of nitrogens with one attached hydrogen (secondary N) is 1. The van der Waals surface area contributed by atoms with Crippen molar-refractivity contribution in [2.75, 3.05) is 6.54 Å². The Morgan fingerprint density at radius 2 is 1.84 bits per heavy atom. The molecule has 0 saturated carbocycles. The fourth-order valence-electron chi connectivity index (χ4n) is 2.14. The van der Waals surface area contributed by atoms with Crippen molar-refractivity contribution in [2.45, 2.75) is 52.9 Å². The Labute approximate surface area is 117 Å². The number of hydrogen-bond donors (Lipinski definition) is 2. The molecule has 19 heavy (non-hydrogen) atoms. The fraction of sp³-hybridized carbons (Fsp3) is 0.625. The molecule has 0 aliphatic rings. The number of ether oxygens (including phenoxy) is 1. The van der Waals surface area contributed by atoms with Crippen LogP contribution in [0.25, 0.3) is 0 Å². The van der Waals surface area contributed by atoms with Gasteiger partial charge in [-0.05, 0) is 45.7 Å². The monoisotopic (exact) mass is 265 g/mol. The lowest BCUT2D eigenvalue weighted by atomic mass is 10.0. The SMILES string of the molecule is CC(O)CC(C)CNCc1ccccc1OC(C)C. The number of hydrogen-bond acceptors (Lipinski definition) is 3. The molecule has 0 bridgehead atoms. The van der Waals surface area contributed by atoms with Gasteiger partial charge in [-0.25, -0.2) is 0 Å². The summed E-state index contributed by atoms with van der Waals surface area (Å²) in [5.74, 6) is 1.42. The number of aliphatic hydroxyl groups is 1. The lowest BCUT2D eigenvalue weighted by molar-refractivity contribution is 0.163. The van der Waals surface area contributed by atoms with E-state index in [2.05, 4.69) is 18.3 Å². The minimum atomic E-state index is -0.228. The largest absolute Gasteiger partial charge is 0.491 e. The minimum Gasteiger partial charge on any atom is -0.491 e. The first-order valence-electron chi connectivity index (χ1n) is 7.12. The zero-order valence-electron chi connectivity index (χ0n) is 12.5.